The summed E-state index contributed by atoms with van der Waals surface area (Å²) in [7, 11) is 0. The molecule has 2 atom stereocenters. The maximum Gasteiger partial charge on any atom is 0.410 e. The van der Waals surface area contributed by atoms with Gasteiger partial charge in [0, 0.05) is 24.1 Å². The molecule has 0 aromatic heterocycles. The Morgan fingerprint density at radius 2 is 1.66 bits per heavy atom. The van der Waals surface area contributed by atoms with Crippen LogP contribution < -0.4 is 0 Å². The van der Waals surface area contributed by atoms with E-state index in [9.17, 15) is 23.1 Å². The Bertz CT molecular complexity index is 892. The predicted molar refractivity (Wildman–Crippen MR) is 99.5 cm³/mol. The van der Waals surface area contributed by atoms with Crippen molar-refractivity contribution < 1.29 is 27.8 Å². The number of nitrogens with zero attached hydrogens (tertiary/aromatic N) is 1. The number of halogens is 3. The average Bonchev–Trinajstić information content (AvgIpc) is 2.99. The number of fused-ring (bicyclic) bond motifs is 2. The van der Waals surface area contributed by atoms with Crippen molar-refractivity contribution in [3.8, 4) is 0 Å². The first-order valence-electron chi connectivity index (χ1n) is 9.70. The highest BCUT2D eigenvalue weighted by Gasteiger charge is 2.50. The lowest BCUT2D eigenvalue weighted by molar-refractivity contribution is -0.0494. The molecule has 0 saturated carbocycles. The number of amides is 1. The molecule has 2 unspecified atom stereocenters. The molecule has 7 heteroatoms. The smallest absolute Gasteiger partial charge is 0.410 e. The van der Waals surface area contributed by atoms with Gasteiger partial charge in [0.15, 0.2) is 11.6 Å². The van der Waals surface area contributed by atoms with Gasteiger partial charge in [0.05, 0.1) is 5.60 Å². The predicted octanol–water partition coefficient (Wildman–Crippen LogP) is 4.34. The van der Waals surface area contributed by atoms with Crippen LogP contribution in [0.25, 0.3) is 0 Å². The molecule has 154 valence electrons. The lowest BCUT2D eigenvalue weighted by atomic mass is 9.81. The summed E-state index contributed by atoms with van der Waals surface area (Å²) >= 11 is 0. The molecule has 2 bridgehead atoms. The van der Waals surface area contributed by atoms with Crippen LogP contribution in [-0.2, 0) is 17.8 Å². The Balaban J connectivity index is 1.44. The number of rotatable bonds is 4. The number of piperidine rings is 1. The molecule has 0 radical (unpaired) electrons. The van der Waals surface area contributed by atoms with E-state index < -0.39 is 34.7 Å². The molecule has 2 heterocycles. The number of carbonyl (C=O) groups excluding carboxylic acids is 1. The summed E-state index contributed by atoms with van der Waals surface area (Å²) in [5, 5.41) is 11.0. The Morgan fingerprint density at radius 1 is 1.03 bits per heavy atom. The maximum absolute atomic E-state index is 14.1. The lowest BCUT2D eigenvalue weighted by Crippen LogP contribution is -2.54. The van der Waals surface area contributed by atoms with Crippen LogP contribution in [0.5, 0.6) is 0 Å². The standard InChI is InChI=1S/C22H22F3NO3/c23-18-8-9-19(24)20(25)17(18)12-22(28)10-15-6-7-16(11-22)26(15)21(27)29-13-14-4-2-1-3-5-14/h1-5,8-9,15-16,28H,6-7,10-13H2. The zero-order valence-electron chi connectivity index (χ0n) is 15.8. The molecule has 2 saturated heterocycles. The van der Waals surface area contributed by atoms with Gasteiger partial charge in [-0.25, -0.2) is 18.0 Å². The van der Waals surface area contributed by atoms with Gasteiger partial charge < -0.3 is 14.7 Å². The first kappa shape index (κ1) is 19.8. The van der Waals surface area contributed by atoms with Crippen molar-refractivity contribution in [2.75, 3.05) is 0 Å². The molecular formula is C22H22F3NO3. The van der Waals surface area contributed by atoms with Crippen molar-refractivity contribution in [3.05, 3.63) is 71.0 Å². The van der Waals surface area contributed by atoms with E-state index in [2.05, 4.69) is 0 Å². The van der Waals surface area contributed by atoms with Gasteiger partial charge in [-0.1, -0.05) is 30.3 Å². The van der Waals surface area contributed by atoms with Crippen LogP contribution >= 0.6 is 0 Å². The van der Waals surface area contributed by atoms with Crippen LogP contribution in [0.4, 0.5) is 18.0 Å². The fourth-order valence-electron chi connectivity index (χ4n) is 4.62. The monoisotopic (exact) mass is 405 g/mol. The van der Waals surface area contributed by atoms with E-state index in [1.165, 1.54) is 0 Å². The second kappa shape index (κ2) is 7.71. The SMILES string of the molecule is O=C(OCc1ccccc1)N1C2CCC1CC(O)(Cc1c(F)ccc(F)c1F)C2. The number of hydrogen-bond donors (Lipinski definition) is 1. The van der Waals surface area contributed by atoms with Gasteiger partial charge >= 0.3 is 6.09 Å². The molecule has 2 aliphatic rings. The average molecular weight is 405 g/mol. The second-order valence-electron chi connectivity index (χ2n) is 7.96. The summed E-state index contributed by atoms with van der Waals surface area (Å²) < 4.78 is 47.0. The van der Waals surface area contributed by atoms with Gasteiger partial charge in [0.1, 0.15) is 12.4 Å². The van der Waals surface area contributed by atoms with Gasteiger partial charge in [-0.3, -0.25) is 0 Å². The van der Waals surface area contributed by atoms with Crippen LogP contribution in [0.1, 0.15) is 36.8 Å². The molecule has 2 fully saturated rings. The Hall–Kier alpha value is -2.54. The number of ether oxygens (including phenoxy) is 1. The first-order chi connectivity index (χ1) is 13.9. The van der Waals surface area contributed by atoms with Crippen LogP contribution in [-0.4, -0.2) is 33.8 Å². The number of carbonyl (C=O) groups is 1. The molecular weight excluding hydrogens is 383 g/mol. The minimum Gasteiger partial charge on any atom is -0.445 e. The summed E-state index contributed by atoms with van der Waals surface area (Å²) in [6.07, 6.45) is 0.913. The zero-order valence-corrected chi connectivity index (χ0v) is 15.8. The minimum absolute atomic E-state index is 0.152. The van der Waals surface area contributed by atoms with E-state index in [1.54, 1.807) is 4.90 Å². The van der Waals surface area contributed by atoms with Crippen LogP contribution in [0.15, 0.2) is 42.5 Å². The fraction of sp³-hybridized carbons (Fsp3) is 0.409. The maximum atomic E-state index is 14.1. The Labute approximate surface area is 166 Å². The van der Waals surface area contributed by atoms with Gasteiger partial charge in [-0.05, 0) is 43.4 Å². The number of benzene rings is 2. The fourth-order valence-corrected chi connectivity index (χ4v) is 4.62. The Morgan fingerprint density at radius 3 is 2.31 bits per heavy atom. The third kappa shape index (κ3) is 3.96. The van der Waals surface area contributed by atoms with Crippen molar-refractivity contribution in [2.24, 2.45) is 0 Å². The summed E-state index contributed by atoms with van der Waals surface area (Å²) in [4.78, 5) is 14.2. The van der Waals surface area contributed by atoms with E-state index >= 15 is 0 Å². The van der Waals surface area contributed by atoms with Crippen molar-refractivity contribution in [2.45, 2.75) is 56.4 Å². The van der Waals surface area contributed by atoms with Gasteiger partial charge in [-0.2, -0.15) is 0 Å². The van der Waals surface area contributed by atoms with E-state index in [4.69, 9.17) is 4.74 Å². The summed E-state index contributed by atoms with van der Waals surface area (Å²) in [6.45, 7) is 0.152. The zero-order chi connectivity index (χ0) is 20.6. The molecule has 4 rings (SSSR count). The third-order valence-electron chi connectivity index (χ3n) is 5.91. The molecule has 2 aliphatic heterocycles. The van der Waals surface area contributed by atoms with E-state index in [0.29, 0.717) is 12.8 Å². The van der Waals surface area contributed by atoms with Gasteiger partial charge in [0.25, 0.3) is 0 Å². The van der Waals surface area contributed by atoms with E-state index in [-0.39, 0.29) is 38.0 Å². The molecule has 4 nitrogen and oxygen atoms in total. The highest BCUT2D eigenvalue weighted by Crippen LogP contribution is 2.43. The largest absolute Gasteiger partial charge is 0.445 e. The number of hydrogen-bond acceptors (Lipinski definition) is 3. The van der Waals surface area contributed by atoms with E-state index in [1.807, 2.05) is 30.3 Å². The number of aliphatic hydroxyl groups is 1. The minimum atomic E-state index is -1.41. The quantitative estimate of drug-likeness (QED) is 0.770. The van der Waals surface area contributed by atoms with Crippen molar-refractivity contribution >= 4 is 6.09 Å². The molecule has 1 amide bonds. The molecule has 0 aliphatic carbocycles. The normalized spacial score (nSPS) is 25.9. The molecule has 2 aromatic rings. The van der Waals surface area contributed by atoms with Crippen LogP contribution in [0.2, 0.25) is 0 Å². The summed E-state index contributed by atoms with van der Waals surface area (Å²) in [6, 6.07) is 10.4. The van der Waals surface area contributed by atoms with Crippen molar-refractivity contribution in [1.29, 1.82) is 0 Å². The van der Waals surface area contributed by atoms with E-state index in [0.717, 1.165) is 17.7 Å². The third-order valence-corrected chi connectivity index (χ3v) is 5.91. The molecule has 0 spiro atoms. The highest BCUT2D eigenvalue weighted by atomic mass is 19.2. The second-order valence-corrected chi connectivity index (χ2v) is 7.96. The summed E-state index contributed by atoms with van der Waals surface area (Å²) in [5.74, 6) is -3.29. The lowest BCUT2D eigenvalue weighted by Gasteiger charge is -2.43. The summed E-state index contributed by atoms with van der Waals surface area (Å²) in [5.41, 5.74) is -0.983. The van der Waals surface area contributed by atoms with Gasteiger partial charge in [-0.15, -0.1) is 0 Å². The van der Waals surface area contributed by atoms with Crippen molar-refractivity contribution in [1.82, 2.24) is 4.90 Å². The Kier molecular flexibility index (Phi) is 5.25. The molecule has 1 N–H and O–H groups in total. The molecule has 29 heavy (non-hydrogen) atoms. The highest BCUT2D eigenvalue weighted by molar-refractivity contribution is 5.69. The van der Waals surface area contributed by atoms with Crippen LogP contribution in [0.3, 0.4) is 0 Å². The molecule has 2 aromatic carbocycles. The van der Waals surface area contributed by atoms with Gasteiger partial charge in [0.2, 0.25) is 0 Å². The van der Waals surface area contributed by atoms with Crippen LogP contribution in [0, 0.1) is 17.5 Å². The first-order valence-corrected chi connectivity index (χ1v) is 9.70. The van der Waals surface area contributed by atoms with Crippen molar-refractivity contribution in [3.63, 3.8) is 0 Å². The topological polar surface area (TPSA) is 49.8 Å².